The van der Waals surface area contributed by atoms with Gasteiger partial charge in [-0.1, -0.05) is 32.9 Å². The molecule has 6 nitrogen and oxygen atoms in total. The summed E-state index contributed by atoms with van der Waals surface area (Å²) in [4.78, 5) is 37.9. The lowest BCUT2D eigenvalue weighted by atomic mass is 9.45. The van der Waals surface area contributed by atoms with Gasteiger partial charge in [0.05, 0.1) is 6.42 Å². The molecule has 33 heavy (non-hydrogen) atoms. The van der Waals surface area contributed by atoms with Gasteiger partial charge in [-0.15, -0.1) is 0 Å². The minimum Gasteiger partial charge on any atom is -0.448 e. The van der Waals surface area contributed by atoms with Crippen LogP contribution in [0.3, 0.4) is 0 Å². The molecule has 0 aromatic rings. The summed E-state index contributed by atoms with van der Waals surface area (Å²) in [6.45, 7) is 6.15. The van der Waals surface area contributed by atoms with Crippen molar-refractivity contribution in [3.05, 3.63) is 23.8 Å². The maximum Gasteiger partial charge on any atom is 0.309 e. The van der Waals surface area contributed by atoms with Crippen LogP contribution >= 0.6 is 0 Å². The number of allylic oxidation sites excluding steroid dienone is 4. The summed E-state index contributed by atoms with van der Waals surface area (Å²) in [6.07, 6.45) is 8.46. The quantitative estimate of drug-likeness (QED) is 0.623. The zero-order chi connectivity index (χ0) is 23.6. The van der Waals surface area contributed by atoms with E-state index in [1.54, 1.807) is 6.92 Å². The molecule has 178 valence electrons. The lowest BCUT2D eigenvalue weighted by molar-refractivity contribution is -0.253. The second-order valence-corrected chi connectivity index (χ2v) is 12.0. The molecule has 1 unspecified atom stereocenters. The molecule has 0 aromatic heterocycles. The number of carbonyl (C=O) groups is 3. The Balaban J connectivity index is 1.46. The van der Waals surface area contributed by atoms with Crippen LogP contribution in [0.5, 0.6) is 0 Å². The summed E-state index contributed by atoms with van der Waals surface area (Å²) < 4.78 is 5.79. The molecule has 6 rings (SSSR count). The largest absolute Gasteiger partial charge is 0.448 e. The highest BCUT2D eigenvalue weighted by atomic mass is 16.6. The van der Waals surface area contributed by atoms with Crippen molar-refractivity contribution < 1.29 is 29.3 Å². The number of carbonyl (C=O) groups excluding carboxylic acids is 3. The molecule has 0 aromatic carbocycles. The van der Waals surface area contributed by atoms with Crippen LogP contribution in [0.4, 0.5) is 0 Å². The SMILES string of the molecule is CC[C@]1([C@]2(O)[C@@H]3C[C@@H]3[C@H]3[C@@H]4C=CC5=CC(=O)CC[C@]5(C)[C@H]4CC[C@@]32C)OC(=O)CC(O)C1=O. The van der Waals surface area contributed by atoms with Crippen LogP contribution in [0, 0.1) is 40.4 Å². The molecule has 3 saturated carbocycles. The van der Waals surface area contributed by atoms with Crippen LogP contribution in [0.15, 0.2) is 23.8 Å². The molecule has 6 heteroatoms. The van der Waals surface area contributed by atoms with Crippen LogP contribution in [-0.4, -0.2) is 45.1 Å². The van der Waals surface area contributed by atoms with Gasteiger partial charge in [-0.3, -0.25) is 14.4 Å². The summed E-state index contributed by atoms with van der Waals surface area (Å²) in [5.74, 6) is 0.0148. The summed E-state index contributed by atoms with van der Waals surface area (Å²) in [5.41, 5.74) is -2.70. The standard InChI is InChI=1S/C27H34O6/c1-4-26(23(31)20(29)13-21(30)33-26)27(32)19-12-17(19)22-16-6-5-14-11-15(28)7-9-24(14,2)18(16)8-10-25(22,27)3/h5-6,11,16-20,22,29,32H,4,7-10,12-13H2,1-3H3/t16-,17+,18+,19-,20?,22-,24+,25+,26+,27+/m1/s1. The van der Waals surface area contributed by atoms with Gasteiger partial charge in [0.25, 0.3) is 0 Å². The Labute approximate surface area is 194 Å². The average Bonchev–Trinajstić information content (AvgIpc) is 3.52. The predicted octanol–water partition coefficient (Wildman–Crippen LogP) is 2.91. The molecule has 1 heterocycles. The van der Waals surface area contributed by atoms with E-state index in [1.807, 2.05) is 6.08 Å². The molecule has 5 aliphatic carbocycles. The predicted molar refractivity (Wildman–Crippen MR) is 119 cm³/mol. The van der Waals surface area contributed by atoms with Crippen LogP contribution in [0.1, 0.15) is 65.7 Å². The molecular formula is C27H34O6. The summed E-state index contributed by atoms with van der Waals surface area (Å²) >= 11 is 0. The maximum atomic E-state index is 13.4. The van der Waals surface area contributed by atoms with Crippen molar-refractivity contribution in [1.29, 1.82) is 0 Å². The minimum absolute atomic E-state index is 0.0501. The van der Waals surface area contributed by atoms with E-state index in [0.29, 0.717) is 12.3 Å². The van der Waals surface area contributed by atoms with Gasteiger partial charge in [-0.05, 0) is 78.8 Å². The Morgan fingerprint density at radius 2 is 1.91 bits per heavy atom. The number of esters is 1. The summed E-state index contributed by atoms with van der Waals surface area (Å²) in [6, 6.07) is 0. The second kappa shape index (κ2) is 6.45. The fraction of sp³-hybridized carbons (Fsp3) is 0.741. The van der Waals surface area contributed by atoms with E-state index >= 15 is 0 Å². The Kier molecular flexibility index (Phi) is 4.25. The van der Waals surface area contributed by atoms with Crippen LogP contribution in [-0.2, 0) is 19.1 Å². The van der Waals surface area contributed by atoms with Crippen molar-refractivity contribution in [3.8, 4) is 0 Å². The number of ketones is 2. The molecule has 0 radical (unpaired) electrons. The molecule has 2 N–H and O–H groups in total. The van der Waals surface area contributed by atoms with Gasteiger partial charge in [0.2, 0.25) is 11.4 Å². The van der Waals surface area contributed by atoms with Gasteiger partial charge in [-0.25, -0.2) is 0 Å². The van der Waals surface area contributed by atoms with Crippen LogP contribution < -0.4 is 0 Å². The van der Waals surface area contributed by atoms with Crippen molar-refractivity contribution >= 4 is 17.5 Å². The Morgan fingerprint density at radius 1 is 1.15 bits per heavy atom. The first-order valence-electron chi connectivity index (χ1n) is 12.6. The number of ether oxygens (including phenoxy) is 1. The molecule has 0 spiro atoms. The van der Waals surface area contributed by atoms with Crippen LogP contribution in [0.25, 0.3) is 0 Å². The lowest BCUT2D eigenvalue weighted by Gasteiger charge is -2.61. The number of rotatable bonds is 2. The highest BCUT2D eigenvalue weighted by Crippen LogP contribution is 2.78. The van der Waals surface area contributed by atoms with Crippen molar-refractivity contribution in [2.24, 2.45) is 40.4 Å². The zero-order valence-corrected chi connectivity index (χ0v) is 19.7. The lowest BCUT2D eigenvalue weighted by Crippen LogP contribution is -2.73. The fourth-order valence-corrected chi connectivity index (χ4v) is 9.34. The third kappa shape index (κ3) is 2.35. The molecule has 0 amide bonds. The highest BCUT2D eigenvalue weighted by molar-refractivity contribution is 5.99. The summed E-state index contributed by atoms with van der Waals surface area (Å²) in [7, 11) is 0. The van der Waals surface area contributed by atoms with E-state index < -0.39 is 34.5 Å². The van der Waals surface area contributed by atoms with E-state index in [9.17, 15) is 24.6 Å². The first kappa shape index (κ1) is 21.7. The number of cyclic esters (lactones) is 1. The third-order valence-corrected chi connectivity index (χ3v) is 10.9. The van der Waals surface area contributed by atoms with Crippen molar-refractivity contribution in [2.45, 2.75) is 83.0 Å². The number of aliphatic hydroxyl groups is 2. The smallest absolute Gasteiger partial charge is 0.309 e. The Morgan fingerprint density at radius 3 is 2.64 bits per heavy atom. The zero-order valence-electron chi connectivity index (χ0n) is 19.7. The number of Topliss-reactive ketones (excluding diaryl/α,β-unsaturated/α-hetero) is 1. The normalized spacial score (nSPS) is 54.6. The van der Waals surface area contributed by atoms with E-state index in [0.717, 1.165) is 31.3 Å². The molecule has 10 atom stereocenters. The van der Waals surface area contributed by atoms with Crippen LogP contribution in [0.2, 0.25) is 0 Å². The van der Waals surface area contributed by atoms with E-state index in [1.165, 1.54) is 0 Å². The first-order valence-corrected chi connectivity index (χ1v) is 12.6. The molecule has 1 saturated heterocycles. The molecule has 6 aliphatic rings. The van der Waals surface area contributed by atoms with Crippen molar-refractivity contribution in [3.63, 3.8) is 0 Å². The Hall–Kier alpha value is -1.79. The molecule has 1 aliphatic heterocycles. The number of aliphatic hydroxyl groups excluding tert-OH is 1. The van der Waals surface area contributed by atoms with Gasteiger partial charge < -0.3 is 14.9 Å². The minimum atomic E-state index is -1.69. The maximum absolute atomic E-state index is 13.4. The summed E-state index contributed by atoms with van der Waals surface area (Å²) in [5, 5.41) is 23.0. The van der Waals surface area contributed by atoms with Gasteiger partial charge in [-0.2, -0.15) is 0 Å². The van der Waals surface area contributed by atoms with Gasteiger partial charge >= 0.3 is 5.97 Å². The fourth-order valence-electron chi connectivity index (χ4n) is 9.34. The van der Waals surface area contributed by atoms with E-state index in [2.05, 4.69) is 26.0 Å². The van der Waals surface area contributed by atoms with Crippen molar-refractivity contribution in [1.82, 2.24) is 0 Å². The van der Waals surface area contributed by atoms with Gasteiger partial charge in [0.1, 0.15) is 11.7 Å². The molecule has 4 fully saturated rings. The van der Waals surface area contributed by atoms with E-state index in [4.69, 9.17) is 4.74 Å². The van der Waals surface area contributed by atoms with E-state index in [-0.39, 0.29) is 47.7 Å². The first-order chi connectivity index (χ1) is 15.5. The van der Waals surface area contributed by atoms with Gasteiger partial charge in [0, 0.05) is 11.8 Å². The number of hydrogen-bond donors (Lipinski definition) is 2. The third-order valence-electron chi connectivity index (χ3n) is 10.9. The number of hydrogen-bond acceptors (Lipinski definition) is 6. The number of fused-ring (bicyclic) bond motifs is 7. The monoisotopic (exact) mass is 454 g/mol. The Bertz CT molecular complexity index is 1030. The highest BCUT2D eigenvalue weighted by Gasteiger charge is 2.83. The average molecular weight is 455 g/mol. The topological polar surface area (TPSA) is 101 Å². The molecule has 0 bridgehead atoms. The van der Waals surface area contributed by atoms with Gasteiger partial charge in [0.15, 0.2) is 5.78 Å². The van der Waals surface area contributed by atoms with Crippen molar-refractivity contribution in [2.75, 3.05) is 0 Å². The second-order valence-electron chi connectivity index (χ2n) is 12.0. The molecular weight excluding hydrogens is 420 g/mol.